The third-order valence-electron chi connectivity index (χ3n) is 13.3. The first kappa shape index (κ1) is 31.0. The molecule has 0 heterocycles. The summed E-state index contributed by atoms with van der Waals surface area (Å²) in [5.74, 6) is -1.33. The predicted octanol–water partition coefficient (Wildman–Crippen LogP) is 5.50. The zero-order chi connectivity index (χ0) is 31.0. The lowest BCUT2D eigenvalue weighted by Crippen LogP contribution is -2.56. The molecule has 4 fully saturated rings. The van der Waals surface area contributed by atoms with Crippen molar-refractivity contribution < 1.29 is 34.2 Å². The van der Waals surface area contributed by atoms with Crippen molar-refractivity contribution in [2.24, 2.45) is 62.3 Å². The summed E-state index contributed by atoms with van der Waals surface area (Å²) in [6.45, 7) is 17.0. The summed E-state index contributed by atoms with van der Waals surface area (Å²) < 4.78 is 11.8. The van der Waals surface area contributed by atoms with Crippen molar-refractivity contribution in [3.63, 3.8) is 0 Å². The molecular weight excluding hydrogens is 534 g/mol. The number of Topliss-reactive ketones (excluding diaryl/α,β-unsaturated/α-hetero) is 1. The maximum absolute atomic E-state index is 13.7. The van der Waals surface area contributed by atoms with Crippen LogP contribution in [-0.2, 0) is 23.9 Å². The van der Waals surface area contributed by atoms with Crippen molar-refractivity contribution in [1.82, 2.24) is 0 Å². The van der Waals surface area contributed by atoms with Crippen LogP contribution >= 0.6 is 0 Å². The Labute approximate surface area is 250 Å². The van der Waals surface area contributed by atoms with Gasteiger partial charge in [-0.3, -0.25) is 14.4 Å². The van der Waals surface area contributed by atoms with E-state index < -0.39 is 30.0 Å². The maximum atomic E-state index is 13.7. The fourth-order valence-corrected chi connectivity index (χ4v) is 11.1. The second-order valence-electron chi connectivity index (χ2n) is 14.8. The Morgan fingerprint density at radius 2 is 1.81 bits per heavy atom. The highest BCUT2D eigenvalue weighted by Gasteiger charge is 2.81. The van der Waals surface area contributed by atoms with E-state index in [1.165, 1.54) is 13.8 Å². The van der Waals surface area contributed by atoms with Gasteiger partial charge in [0.25, 0.3) is 0 Å². The van der Waals surface area contributed by atoms with Crippen LogP contribution in [0.4, 0.5) is 0 Å². The molecule has 42 heavy (non-hydrogen) atoms. The quantitative estimate of drug-likeness (QED) is 0.167. The number of hydrogen-bond donors (Lipinski definition) is 2. The summed E-state index contributed by atoms with van der Waals surface area (Å²) in [6, 6.07) is 0. The molecule has 0 saturated heterocycles. The molecule has 8 nitrogen and oxygen atoms in total. The number of oxime groups is 1. The van der Waals surface area contributed by atoms with Crippen LogP contribution in [0.25, 0.3) is 0 Å². The molecular formula is C34H49NO7. The minimum absolute atomic E-state index is 0.100. The Hall–Kier alpha value is -2.48. The van der Waals surface area contributed by atoms with Crippen LogP contribution in [-0.4, -0.2) is 52.6 Å². The first-order valence-corrected chi connectivity index (χ1v) is 15.7. The van der Waals surface area contributed by atoms with Crippen LogP contribution in [0.1, 0.15) is 87.0 Å². The average Bonchev–Trinajstić information content (AvgIpc) is 3.53. The summed E-state index contributed by atoms with van der Waals surface area (Å²) in [6.07, 6.45) is 8.77. The first-order valence-electron chi connectivity index (χ1n) is 15.7. The molecule has 5 aliphatic rings. The molecule has 0 radical (unpaired) electrons. The third-order valence-corrected chi connectivity index (χ3v) is 13.3. The van der Waals surface area contributed by atoms with Crippen molar-refractivity contribution in [2.75, 3.05) is 6.61 Å². The van der Waals surface area contributed by atoms with Crippen LogP contribution in [0.15, 0.2) is 29.5 Å². The van der Waals surface area contributed by atoms with Crippen LogP contribution < -0.4 is 0 Å². The fraction of sp³-hybridized carbons (Fsp3) is 0.765. The Balaban J connectivity index is 1.54. The number of fused-ring (bicyclic) bond motifs is 2. The van der Waals surface area contributed by atoms with Gasteiger partial charge in [0.15, 0.2) is 11.9 Å². The highest BCUT2D eigenvalue weighted by Crippen LogP contribution is 2.87. The van der Waals surface area contributed by atoms with Gasteiger partial charge < -0.3 is 19.8 Å². The van der Waals surface area contributed by atoms with E-state index in [-0.39, 0.29) is 57.4 Å². The van der Waals surface area contributed by atoms with E-state index in [1.54, 1.807) is 6.92 Å². The topological polar surface area (TPSA) is 122 Å². The molecule has 232 valence electrons. The lowest BCUT2D eigenvalue weighted by atomic mass is 9.43. The van der Waals surface area contributed by atoms with Crippen molar-refractivity contribution in [1.29, 1.82) is 0 Å². The van der Waals surface area contributed by atoms with Crippen molar-refractivity contribution in [3.05, 3.63) is 24.3 Å². The maximum Gasteiger partial charge on any atom is 0.303 e. The number of allylic oxidation sites excluding steroid dienone is 2. The minimum Gasteiger partial charge on any atom is -0.462 e. The lowest BCUT2D eigenvalue weighted by molar-refractivity contribution is -0.166. The van der Waals surface area contributed by atoms with Crippen LogP contribution in [0.2, 0.25) is 0 Å². The van der Waals surface area contributed by atoms with Crippen LogP contribution in [0, 0.1) is 57.2 Å². The highest BCUT2D eigenvalue weighted by molar-refractivity contribution is 6.00. The Morgan fingerprint density at radius 3 is 2.40 bits per heavy atom. The van der Waals surface area contributed by atoms with E-state index in [9.17, 15) is 24.7 Å². The van der Waals surface area contributed by atoms with E-state index in [0.717, 1.165) is 37.8 Å². The molecule has 2 N–H and O–H groups in total. The van der Waals surface area contributed by atoms with E-state index in [2.05, 4.69) is 38.6 Å². The zero-order valence-corrected chi connectivity index (χ0v) is 26.3. The lowest BCUT2D eigenvalue weighted by Gasteiger charge is -2.61. The van der Waals surface area contributed by atoms with Gasteiger partial charge in [-0.1, -0.05) is 52.4 Å². The largest absolute Gasteiger partial charge is 0.462 e. The van der Waals surface area contributed by atoms with Gasteiger partial charge in [0.2, 0.25) is 0 Å². The molecule has 0 bridgehead atoms. The molecule has 0 aromatic rings. The molecule has 0 aromatic carbocycles. The van der Waals surface area contributed by atoms with Gasteiger partial charge in [0.1, 0.15) is 6.10 Å². The summed E-state index contributed by atoms with van der Waals surface area (Å²) >= 11 is 0. The van der Waals surface area contributed by atoms with Gasteiger partial charge in [-0.05, 0) is 83.7 Å². The number of nitrogens with zero attached hydrogens (tertiary/aromatic N) is 1. The van der Waals surface area contributed by atoms with Crippen molar-refractivity contribution >= 4 is 23.4 Å². The monoisotopic (exact) mass is 583 g/mol. The van der Waals surface area contributed by atoms with Gasteiger partial charge in [-0.15, -0.1) is 0 Å². The normalized spacial score (nSPS) is 44.5. The highest BCUT2D eigenvalue weighted by atomic mass is 16.6. The van der Waals surface area contributed by atoms with E-state index >= 15 is 0 Å². The number of hydrogen-bond acceptors (Lipinski definition) is 8. The van der Waals surface area contributed by atoms with Gasteiger partial charge in [0, 0.05) is 44.1 Å². The van der Waals surface area contributed by atoms with E-state index in [0.29, 0.717) is 18.3 Å². The number of aliphatic hydroxyl groups excluding tert-OH is 1. The minimum atomic E-state index is -1.08. The molecule has 12 atom stereocenters. The van der Waals surface area contributed by atoms with Gasteiger partial charge in [-0.2, -0.15) is 0 Å². The zero-order valence-electron chi connectivity index (χ0n) is 26.3. The van der Waals surface area contributed by atoms with Gasteiger partial charge in [-0.25, -0.2) is 0 Å². The second kappa shape index (κ2) is 10.3. The number of carbonyl (C=O) groups excluding carboxylic acids is 3. The molecule has 0 aliphatic heterocycles. The Morgan fingerprint density at radius 1 is 1.12 bits per heavy atom. The van der Waals surface area contributed by atoms with Crippen molar-refractivity contribution in [3.8, 4) is 0 Å². The fourth-order valence-electron chi connectivity index (χ4n) is 11.1. The molecule has 0 aromatic heterocycles. The van der Waals surface area contributed by atoms with E-state index in [1.807, 2.05) is 13.0 Å². The smallest absolute Gasteiger partial charge is 0.303 e. The number of esters is 2. The van der Waals surface area contributed by atoms with Crippen molar-refractivity contribution in [2.45, 2.75) is 99.2 Å². The van der Waals surface area contributed by atoms with E-state index in [4.69, 9.17) is 9.47 Å². The Kier molecular flexibility index (Phi) is 7.60. The first-order chi connectivity index (χ1) is 19.6. The predicted molar refractivity (Wildman–Crippen MR) is 157 cm³/mol. The summed E-state index contributed by atoms with van der Waals surface area (Å²) in [7, 11) is 0. The second-order valence-corrected chi connectivity index (χ2v) is 14.8. The van der Waals surface area contributed by atoms with Gasteiger partial charge >= 0.3 is 11.9 Å². The number of ketones is 1. The number of carbonyl (C=O) groups is 3. The number of aliphatic hydroxyl groups is 1. The summed E-state index contributed by atoms with van der Waals surface area (Å²) in [5.41, 5.74) is 0.814. The molecule has 8 heteroatoms. The molecule has 0 unspecified atom stereocenters. The van der Waals surface area contributed by atoms with Crippen LogP contribution in [0.3, 0.4) is 0 Å². The summed E-state index contributed by atoms with van der Waals surface area (Å²) in [5, 5.41) is 22.9. The standard InChI is InChI=1S/C34H49NO7/c1-18(16-36)19(2)29(39)30(42-23(6)38)21(4)28-26(41-22(5)37)15-32(8)27-10-9-24-20(3)25(35-40)11-12-33(24)17-34(27,33)14-13-31(28,32)7/h11-12,18,20-21,24,26-28,30,36,40H,2,9-10,13-17H2,1,3-8H3/b35-25+/t18-,20-,21-,24-,26-,27-,28-,30+,31+,32-,33+,34-/m0/s1. The SMILES string of the molecule is C=C(C(=O)[C@H](OC(C)=O)[C@@H](C)[C@H]1[C@@H](OC(C)=O)C[C@@]2(C)[C@@H]3CC[C@H]4[C@H](C)/C(=N/O)C=C[C@@]45C[C@@]35CC[C@]12C)[C@@H](C)CO. The molecule has 0 amide bonds. The Bertz CT molecular complexity index is 1240. The number of rotatable bonds is 8. The third kappa shape index (κ3) is 4.10. The van der Waals surface area contributed by atoms with Gasteiger partial charge in [0.05, 0.1) is 5.71 Å². The molecule has 4 saturated carbocycles. The average molecular weight is 584 g/mol. The van der Waals surface area contributed by atoms with Crippen LogP contribution in [0.5, 0.6) is 0 Å². The molecule has 5 aliphatic carbocycles. The number of ether oxygens (including phenoxy) is 2. The molecule has 5 rings (SSSR count). The molecule has 2 spiro atoms. The summed E-state index contributed by atoms with van der Waals surface area (Å²) in [4.78, 5) is 38.5.